The molecule has 10 heteroatoms. The molecule has 1 aromatic carbocycles. The molecule has 2 heterocycles. The number of nitrogens with two attached hydrogens (primary N) is 2. The molecule has 0 saturated carbocycles. The van der Waals surface area contributed by atoms with Crippen LogP contribution in [0.1, 0.15) is 28.0 Å². The molecule has 0 fully saturated rings. The molecule has 1 atom stereocenters. The molecule has 3 aromatic rings. The van der Waals surface area contributed by atoms with Crippen LogP contribution in [0, 0.1) is 0 Å². The number of benzene rings is 1. The maximum atomic E-state index is 12.3. The first-order valence-corrected chi connectivity index (χ1v) is 8.49. The Labute approximate surface area is 165 Å². The summed E-state index contributed by atoms with van der Waals surface area (Å²) < 4.78 is 0. The zero-order chi connectivity index (χ0) is 21.2. The number of carbonyl (C=O) groups is 2. The lowest BCUT2D eigenvalue weighted by molar-refractivity contribution is -0.143. The summed E-state index contributed by atoms with van der Waals surface area (Å²) in [6, 6.07) is 5.68. The molecule has 0 aliphatic rings. The molecule has 29 heavy (non-hydrogen) atoms. The first-order chi connectivity index (χ1) is 13.8. The number of hydrogen-bond donors (Lipinski definition) is 4. The smallest absolute Gasteiger partial charge is 0.335 e. The maximum Gasteiger partial charge on any atom is 0.335 e. The number of anilines is 2. The molecule has 0 spiro atoms. The second kappa shape index (κ2) is 7.50. The third kappa shape index (κ3) is 3.68. The van der Waals surface area contributed by atoms with Crippen molar-refractivity contribution in [3.05, 3.63) is 59.9 Å². The average Bonchev–Trinajstić information content (AvgIpc) is 2.68. The Hall–Kier alpha value is -4.08. The topological polar surface area (TPSA) is 178 Å². The van der Waals surface area contributed by atoms with Gasteiger partial charge in [-0.2, -0.15) is 9.97 Å². The van der Waals surface area contributed by atoms with Gasteiger partial charge in [0, 0.05) is 6.42 Å². The molecule has 0 radical (unpaired) electrons. The van der Waals surface area contributed by atoms with E-state index >= 15 is 0 Å². The van der Waals surface area contributed by atoms with Crippen LogP contribution >= 0.6 is 0 Å². The summed E-state index contributed by atoms with van der Waals surface area (Å²) >= 11 is 0. The molecule has 0 saturated heterocycles. The van der Waals surface area contributed by atoms with E-state index in [1.807, 2.05) is 0 Å². The molecule has 6 N–H and O–H groups in total. The fourth-order valence-corrected chi connectivity index (χ4v) is 3.13. The Morgan fingerprint density at radius 3 is 2.38 bits per heavy atom. The molecule has 2 aromatic heterocycles. The SMILES string of the molecule is C=CC[C@@](Cc1cnc2nc(N)nc(N)c2n1)(C(=O)O)c1ccc(C(=O)O)cc1. The van der Waals surface area contributed by atoms with Gasteiger partial charge in [0.2, 0.25) is 5.95 Å². The van der Waals surface area contributed by atoms with E-state index in [1.165, 1.54) is 36.5 Å². The normalized spacial score (nSPS) is 13.0. The second-order valence-electron chi connectivity index (χ2n) is 6.44. The second-order valence-corrected chi connectivity index (χ2v) is 6.44. The van der Waals surface area contributed by atoms with Crippen molar-refractivity contribution in [2.75, 3.05) is 11.5 Å². The van der Waals surface area contributed by atoms with Gasteiger partial charge in [0.1, 0.15) is 5.41 Å². The molecular weight excluding hydrogens is 376 g/mol. The number of nitrogen functional groups attached to an aromatic ring is 2. The Bertz CT molecular complexity index is 1120. The van der Waals surface area contributed by atoms with Gasteiger partial charge < -0.3 is 21.7 Å². The molecule has 0 unspecified atom stereocenters. The summed E-state index contributed by atoms with van der Waals surface area (Å²) in [6.07, 6.45) is 2.95. The van der Waals surface area contributed by atoms with Crippen molar-refractivity contribution in [2.24, 2.45) is 0 Å². The highest BCUT2D eigenvalue weighted by Gasteiger charge is 2.40. The van der Waals surface area contributed by atoms with Crippen LogP contribution in [-0.2, 0) is 16.6 Å². The Morgan fingerprint density at radius 2 is 1.79 bits per heavy atom. The van der Waals surface area contributed by atoms with E-state index in [1.54, 1.807) is 0 Å². The average molecular weight is 394 g/mol. The quantitative estimate of drug-likeness (QED) is 0.428. The van der Waals surface area contributed by atoms with Crippen LogP contribution in [0.3, 0.4) is 0 Å². The summed E-state index contributed by atoms with van der Waals surface area (Å²) in [4.78, 5) is 39.8. The highest BCUT2D eigenvalue weighted by atomic mass is 16.4. The molecule has 148 valence electrons. The number of rotatable bonds is 7. The molecule has 0 amide bonds. The van der Waals surface area contributed by atoms with E-state index in [2.05, 4.69) is 26.5 Å². The summed E-state index contributed by atoms with van der Waals surface area (Å²) in [5.41, 5.74) is 11.2. The number of allylic oxidation sites excluding steroid dienone is 1. The van der Waals surface area contributed by atoms with Crippen molar-refractivity contribution in [1.29, 1.82) is 0 Å². The fourth-order valence-electron chi connectivity index (χ4n) is 3.13. The summed E-state index contributed by atoms with van der Waals surface area (Å²) in [5.74, 6) is -2.21. The van der Waals surface area contributed by atoms with E-state index in [-0.39, 0.29) is 41.3 Å². The van der Waals surface area contributed by atoms with Crippen LogP contribution in [0.2, 0.25) is 0 Å². The first kappa shape index (κ1) is 19.7. The van der Waals surface area contributed by atoms with Crippen molar-refractivity contribution in [3.8, 4) is 0 Å². The zero-order valence-electron chi connectivity index (χ0n) is 15.2. The number of aliphatic carboxylic acids is 1. The molecular formula is C19H18N6O4. The summed E-state index contributed by atoms with van der Waals surface area (Å²) in [6.45, 7) is 3.67. The van der Waals surface area contributed by atoms with Crippen molar-refractivity contribution >= 4 is 34.9 Å². The molecule has 0 bridgehead atoms. The van der Waals surface area contributed by atoms with Crippen LogP contribution in [0.15, 0.2) is 43.1 Å². The monoisotopic (exact) mass is 394 g/mol. The Morgan fingerprint density at radius 1 is 1.10 bits per heavy atom. The highest BCUT2D eigenvalue weighted by molar-refractivity contribution is 5.88. The van der Waals surface area contributed by atoms with Crippen LogP contribution < -0.4 is 11.5 Å². The van der Waals surface area contributed by atoms with Crippen LogP contribution in [0.4, 0.5) is 11.8 Å². The van der Waals surface area contributed by atoms with Crippen molar-refractivity contribution in [3.63, 3.8) is 0 Å². The minimum absolute atomic E-state index is 0.0342. The number of aromatic nitrogens is 4. The molecule has 3 rings (SSSR count). The van der Waals surface area contributed by atoms with Gasteiger partial charge in [0.15, 0.2) is 17.0 Å². The molecule has 0 aliphatic heterocycles. The van der Waals surface area contributed by atoms with Gasteiger partial charge in [-0.15, -0.1) is 6.58 Å². The minimum Gasteiger partial charge on any atom is -0.481 e. The lowest BCUT2D eigenvalue weighted by Crippen LogP contribution is -2.38. The van der Waals surface area contributed by atoms with E-state index < -0.39 is 17.4 Å². The largest absolute Gasteiger partial charge is 0.481 e. The summed E-state index contributed by atoms with van der Waals surface area (Å²) in [7, 11) is 0. The number of carboxylic acids is 2. The van der Waals surface area contributed by atoms with E-state index in [4.69, 9.17) is 16.6 Å². The zero-order valence-corrected chi connectivity index (χ0v) is 15.2. The lowest BCUT2D eigenvalue weighted by atomic mass is 9.74. The van der Waals surface area contributed by atoms with Gasteiger partial charge in [-0.05, 0) is 24.1 Å². The minimum atomic E-state index is -1.43. The summed E-state index contributed by atoms with van der Waals surface area (Å²) in [5, 5.41) is 19.2. The fraction of sp³-hybridized carbons (Fsp3) is 0.158. The van der Waals surface area contributed by atoms with Crippen LogP contribution in [0.25, 0.3) is 11.2 Å². The number of aromatic carboxylic acids is 1. The van der Waals surface area contributed by atoms with Gasteiger partial charge >= 0.3 is 11.9 Å². The third-order valence-electron chi connectivity index (χ3n) is 4.57. The Balaban J connectivity index is 2.10. The number of carboxylic acid groups (broad SMARTS) is 2. The van der Waals surface area contributed by atoms with E-state index in [9.17, 15) is 14.7 Å². The van der Waals surface area contributed by atoms with Gasteiger partial charge in [-0.1, -0.05) is 18.2 Å². The highest BCUT2D eigenvalue weighted by Crippen LogP contribution is 2.33. The van der Waals surface area contributed by atoms with Crippen LogP contribution in [-0.4, -0.2) is 42.1 Å². The van der Waals surface area contributed by atoms with Crippen LogP contribution in [0.5, 0.6) is 0 Å². The van der Waals surface area contributed by atoms with Gasteiger partial charge in [0.25, 0.3) is 0 Å². The first-order valence-electron chi connectivity index (χ1n) is 8.49. The Kier molecular flexibility index (Phi) is 5.09. The van der Waals surface area contributed by atoms with Crippen molar-refractivity contribution in [1.82, 2.24) is 19.9 Å². The third-order valence-corrected chi connectivity index (χ3v) is 4.57. The number of hydrogen-bond acceptors (Lipinski definition) is 8. The van der Waals surface area contributed by atoms with Crippen molar-refractivity contribution in [2.45, 2.75) is 18.3 Å². The predicted octanol–water partition coefficient (Wildman–Crippen LogP) is 1.42. The van der Waals surface area contributed by atoms with E-state index in [0.717, 1.165) is 0 Å². The molecule has 0 aliphatic carbocycles. The number of fused-ring (bicyclic) bond motifs is 1. The standard InChI is InChI=1S/C19H18N6O4/c1-2-7-19(17(28)29,11-5-3-10(4-6-11)16(26)27)8-12-9-22-15-13(23-12)14(20)24-18(21)25-15/h2-6,9H,1,7-8H2,(H,26,27)(H,28,29)(H4,20,21,22,24,25)/t19-/m0/s1. The van der Waals surface area contributed by atoms with E-state index in [0.29, 0.717) is 11.3 Å². The number of nitrogens with zero attached hydrogens (tertiary/aromatic N) is 4. The van der Waals surface area contributed by atoms with Gasteiger partial charge in [-0.25, -0.2) is 14.8 Å². The van der Waals surface area contributed by atoms with Gasteiger partial charge in [-0.3, -0.25) is 4.79 Å². The lowest BCUT2D eigenvalue weighted by Gasteiger charge is -2.29. The van der Waals surface area contributed by atoms with Gasteiger partial charge in [0.05, 0.1) is 17.5 Å². The van der Waals surface area contributed by atoms with Crippen molar-refractivity contribution < 1.29 is 19.8 Å². The maximum absolute atomic E-state index is 12.3. The predicted molar refractivity (Wildman–Crippen MR) is 105 cm³/mol. The molecule has 10 nitrogen and oxygen atoms in total.